The normalized spacial score (nSPS) is 11.5. The lowest BCUT2D eigenvalue weighted by Crippen LogP contribution is -2.00. The maximum atomic E-state index is 6.96. The molecule has 0 saturated carbocycles. The summed E-state index contributed by atoms with van der Waals surface area (Å²) >= 11 is 0. The van der Waals surface area contributed by atoms with E-state index in [9.17, 15) is 0 Å². The van der Waals surface area contributed by atoms with Gasteiger partial charge in [-0.05, 0) is 81.9 Å². The number of rotatable bonds is 7. The molecule has 3 aromatic heterocycles. The summed E-state index contributed by atoms with van der Waals surface area (Å²) in [5.74, 6) is 1.71. The summed E-state index contributed by atoms with van der Waals surface area (Å²) in [6, 6.07) is 76.2. The first-order valence-electron chi connectivity index (χ1n) is 20.8. The van der Waals surface area contributed by atoms with Crippen LogP contribution in [0.25, 0.3) is 117 Å². The number of aromatic nitrogens is 4. The Balaban J connectivity index is 1.09. The highest BCUT2D eigenvalue weighted by atomic mass is 16.3. The van der Waals surface area contributed by atoms with Crippen LogP contribution in [0, 0.1) is 0 Å². The van der Waals surface area contributed by atoms with Crippen molar-refractivity contribution in [3.05, 3.63) is 218 Å². The van der Waals surface area contributed by atoms with Gasteiger partial charge in [0, 0.05) is 33.0 Å². The number of benzene rings is 9. The first-order chi connectivity index (χ1) is 30.7. The van der Waals surface area contributed by atoms with Crippen LogP contribution < -0.4 is 0 Å². The van der Waals surface area contributed by atoms with E-state index in [1.807, 2.05) is 12.1 Å². The monoisotopic (exact) mass is 792 g/mol. The van der Waals surface area contributed by atoms with Crippen LogP contribution in [0.15, 0.2) is 223 Å². The highest BCUT2D eigenvalue weighted by molar-refractivity contribution is 6.25. The van der Waals surface area contributed by atoms with Crippen molar-refractivity contribution in [2.75, 3.05) is 0 Å². The third-order valence-electron chi connectivity index (χ3n) is 11.8. The fraction of sp³-hybridized carbons (Fsp3) is 0. The van der Waals surface area contributed by atoms with Crippen molar-refractivity contribution in [1.29, 1.82) is 0 Å². The Bertz CT molecular complexity index is 3530. The second-order valence-electron chi connectivity index (χ2n) is 15.6. The van der Waals surface area contributed by atoms with Gasteiger partial charge < -0.3 is 8.98 Å². The molecule has 0 bridgehead atoms. The van der Waals surface area contributed by atoms with Gasteiger partial charge in [-0.25, -0.2) is 15.0 Å². The zero-order chi connectivity index (χ0) is 41.0. The third kappa shape index (κ3) is 6.06. The van der Waals surface area contributed by atoms with Crippen molar-refractivity contribution in [2.45, 2.75) is 0 Å². The summed E-state index contributed by atoms with van der Waals surface area (Å²) in [6.07, 6.45) is 0. The molecule has 290 valence electrons. The molecule has 0 amide bonds. The molecule has 0 aliphatic carbocycles. The summed E-state index contributed by atoms with van der Waals surface area (Å²) in [5.41, 5.74) is 14.2. The topological polar surface area (TPSA) is 56.7 Å². The van der Waals surface area contributed by atoms with Gasteiger partial charge in [0.1, 0.15) is 11.2 Å². The number of para-hydroxylation sites is 2. The van der Waals surface area contributed by atoms with Gasteiger partial charge in [0.25, 0.3) is 0 Å². The van der Waals surface area contributed by atoms with E-state index in [-0.39, 0.29) is 0 Å². The third-order valence-corrected chi connectivity index (χ3v) is 11.8. The van der Waals surface area contributed by atoms with Crippen molar-refractivity contribution in [2.24, 2.45) is 0 Å². The van der Waals surface area contributed by atoms with Crippen LogP contribution in [0.1, 0.15) is 0 Å². The molecule has 0 radical (unpaired) electrons. The molecule has 0 aliphatic heterocycles. The minimum absolute atomic E-state index is 0.539. The molecule has 0 unspecified atom stereocenters. The lowest BCUT2D eigenvalue weighted by atomic mass is 10.0. The summed E-state index contributed by atoms with van der Waals surface area (Å²) in [6.45, 7) is 0. The fourth-order valence-electron chi connectivity index (χ4n) is 8.93. The smallest absolute Gasteiger partial charge is 0.167 e. The molecule has 0 aliphatic rings. The molecule has 62 heavy (non-hydrogen) atoms. The van der Waals surface area contributed by atoms with Crippen molar-refractivity contribution in [3.63, 3.8) is 0 Å². The largest absolute Gasteiger partial charge is 0.455 e. The van der Waals surface area contributed by atoms with E-state index in [0.717, 1.165) is 88.6 Å². The molecule has 0 fully saturated rings. The predicted octanol–water partition coefficient (Wildman–Crippen LogP) is 14.9. The molecule has 5 nitrogen and oxygen atoms in total. The number of hydrogen-bond acceptors (Lipinski definition) is 4. The average molecular weight is 793 g/mol. The van der Waals surface area contributed by atoms with Gasteiger partial charge in [-0.2, -0.15) is 0 Å². The highest BCUT2D eigenvalue weighted by Gasteiger charge is 2.23. The summed E-state index contributed by atoms with van der Waals surface area (Å²) in [5, 5.41) is 4.38. The highest BCUT2D eigenvalue weighted by Crippen LogP contribution is 2.43. The van der Waals surface area contributed by atoms with Crippen LogP contribution in [0.3, 0.4) is 0 Å². The van der Waals surface area contributed by atoms with E-state index in [0.29, 0.717) is 17.5 Å². The van der Waals surface area contributed by atoms with Gasteiger partial charge in [-0.15, -0.1) is 0 Å². The van der Waals surface area contributed by atoms with E-state index < -0.39 is 0 Å². The van der Waals surface area contributed by atoms with Crippen LogP contribution in [0.4, 0.5) is 0 Å². The number of furan rings is 1. The second-order valence-corrected chi connectivity index (χ2v) is 15.6. The van der Waals surface area contributed by atoms with Crippen LogP contribution in [0.2, 0.25) is 0 Å². The Morgan fingerprint density at radius 3 is 1.45 bits per heavy atom. The molecule has 0 saturated heterocycles. The zero-order valence-corrected chi connectivity index (χ0v) is 33.5. The standard InChI is InChI=1S/C57H36N4O/c1-4-16-37(17-5-1)40-22-12-25-43(34-40)55-58-56(44-26-13-23-41(35-44)38-18-6-2-7-19-38)60-57(59-55)49-30-15-29-48-52-51(62-54(48)49)33-32-47-46-28-10-11-31-50(46)61(53(47)52)45-27-14-24-42(36-45)39-20-8-3-9-21-39/h1-36H. The minimum atomic E-state index is 0.539. The van der Waals surface area contributed by atoms with E-state index >= 15 is 0 Å². The minimum Gasteiger partial charge on any atom is -0.455 e. The summed E-state index contributed by atoms with van der Waals surface area (Å²) < 4.78 is 9.35. The van der Waals surface area contributed by atoms with Crippen molar-refractivity contribution in [1.82, 2.24) is 19.5 Å². The number of hydrogen-bond donors (Lipinski definition) is 0. The van der Waals surface area contributed by atoms with E-state index in [2.05, 4.69) is 211 Å². The lowest BCUT2D eigenvalue weighted by molar-refractivity contribution is 0.669. The van der Waals surface area contributed by atoms with E-state index in [1.54, 1.807) is 0 Å². The molecular weight excluding hydrogens is 757 g/mol. The van der Waals surface area contributed by atoms with Gasteiger partial charge in [0.15, 0.2) is 17.5 Å². The van der Waals surface area contributed by atoms with Crippen LogP contribution in [-0.4, -0.2) is 19.5 Å². The fourth-order valence-corrected chi connectivity index (χ4v) is 8.93. The Morgan fingerprint density at radius 2 is 0.823 bits per heavy atom. The molecule has 12 rings (SSSR count). The average Bonchev–Trinajstić information content (AvgIpc) is 3.91. The van der Waals surface area contributed by atoms with Gasteiger partial charge >= 0.3 is 0 Å². The van der Waals surface area contributed by atoms with Gasteiger partial charge in [-0.3, -0.25) is 0 Å². The molecule has 0 atom stereocenters. The first kappa shape index (κ1) is 35.5. The summed E-state index contributed by atoms with van der Waals surface area (Å²) in [7, 11) is 0. The Hall–Kier alpha value is -8.41. The maximum absolute atomic E-state index is 6.96. The van der Waals surface area contributed by atoms with Gasteiger partial charge in [-0.1, -0.05) is 170 Å². The van der Waals surface area contributed by atoms with E-state index in [1.165, 1.54) is 10.9 Å². The Labute approximate surface area is 357 Å². The molecular formula is C57H36N4O. The second kappa shape index (κ2) is 14.7. The number of nitrogens with zero attached hydrogens (tertiary/aromatic N) is 4. The summed E-state index contributed by atoms with van der Waals surface area (Å²) in [4.78, 5) is 15.7. The maximum Gasteiger partial charge on any atom is 0.167 e. The van der Waals surface area contributed by atoms with Crippen LogP contribution >= 0.6 is 0 Å². The zero-order valence-electron chi connectivity index (χ0n) is 33.5. The molecule has 3 heterocycles. The Kier molecular flexibility index (Phi) is 8.42. The van der Waals surface area contributed by atoms with Crippen molar-refractivity contribution < 1.29 is 4.42 Å². The van der Waals surface area contributed by atoms with Gasteiger partial charge in [0.05, 0.1) is 22.0 Å². The van der Waals surface area contributed by atoms with Crippen LogP contribution in [-0.2, 0) is 0 Å². The predicted molar refractivity (Wildman–Crippen MR) is 254 cm³/mol. The molecule has 0 spiro atoms. The molecule has 5 heteroatoms. The van der Waals surface area contributed by atoms with E-state index in [4.69, 9.17) is 19.4 Å². The van der Waals surface area contributed by atoms with Gasteiger partial charge in [0.2, 0.25) is 0 Å². The van der Waals surface area contributed by atoms with Crippen LogP contribution in [0.5, 0.6) is 0 Å². The Morgan fingerprint density at radius 1 is 0.339 bits per heavy atom. The number of fused-ring (bicyclic) bond motifs is 7. The first-order valence-corrected chi connectivity index (χ1v) is 20.8. The van der Waals surface area contributed by atoms with Crippen molar-refractivity contribution >= 4 is 43.7 Å². The molecule has 9 aromatic carbocycles. The quantitative estimate of drug-likeness (QED) is 0.161. The lowest BCUT2D eigenvalue weighted by Gasteiger charge is -2.11. The SMILES string of the molecule is c1ccc(-c2cccc(-c3nc(-c4cccc(-c5ccccc5)c4)nc(-c4cccc5c4oc4ccc6c7ccccc7n(-c7cccc(-c8ccccc8)c7)c6c45)n3)c2)cc1. The molecule has 12 aromatic rings. The molecule has 0 N–H and O–H groups in total. The van der Waals surface area contributed by atoms with Crippen molar-refractivity contribution in [3.8, 4) is 73.2 Å².